The number of non-ortho nitro benzene ring substituents is 1. The smallest absolute Gasteiger partial charge is 0.271 e. The van der Waals surface area contributed by atoms with E-state index in [9.17, 15) is 24.5 Å². The molecule has 0 radical (unpaired) electrons. The summed E-state index contributed by atoms with van der Waals surface area (Å²) in [5.74, 6) is -0.827. The van der Waals surface area contributed by atoms with Gasteiger partial charge in [0.15, 0.2) is 5.78 Å². The molecule has 0 spiro atoms. The van der Waals surface area contributed by atoms with Crippen LogP contribution in [0.5, 0.6) is 5.75 Å². The summed E-state index contributed by atoms with van der Waals surface area (Å²) in [6, 6.07) is 9.27. The molecule has 3 rings (SSSR count). The minimum atomic E-state index is -0.913. The second kappa shape index (κ2) is 7.47. The van der Waals surface area contributed by atoms with Gasteiger partial charge in [-0.1, -0.05) is 12.1 Å². The van der Waals surface area contributed by atoms with E-state index in [-0.39, 0.29) is 23.6 Å². The summed E-state index contributed by atoms with van der Waals surface area (Å²) in [7, 11) is 1.40. The number of nitro benzene ring substituents is 1. The van der Waals surface area contributed by atoms with E-state index >= 15 is 0 Å². The normalized spacial score (nSPS) is 16.2. The monoisotopic (exact) mass is 383 g/mol. The fourth-order valence-electron chi connectivity index (χ4n) is 2.99. The molecule has 0 saturated carbocycles. The molecule has 144 valence electrons. The Balaban J connectivity index is 1.89. The van der Waals surface area contributed by atoms with Gasteiger partial charge in [0.2, 0.25) is 5.91 Å². The number of methoxy groups -OCH3 is 1. The van der Waals surface area contributed by atoms with Crippen molar-refractivity contribution in [2.75, 3.05) is 17.3 Å². The lowest BCUT2D eigenvalue weighted by Crippen LogP contribution is -2.35. The summed E-state index contributed by atoms with van der Waals surface area (Å²) in [6.45, 7) is 1.39. The van der Waals surface area contributed by atoms with Gasteiger partial charge in [0, 0.05) is 17.7 Å². The van der Waals surface area contributed by atoms with Gasteiger partial charge in [-0.05, 0) is 25.1 Å². The molecule has 0 aliphatic carbocycles. The standard InChI is InChI=1S/C19H17N3O6/c1-11(23)12-4-3-5-13(8-12)21-18(24)10-16(19(21)25)20-15-9-14(22(26)27)6-7-17(15)28-2/h3-9,16,20H,10H2,1-2H3. The Labute approximate surface area is 160 Å². The second-order valence-electron chi connectivity index (χ2n) is 6.22. The molecular formula is C19H17N3O6. The molecule has 0 bridgehead atoms. The van der Waals surface area contributed by atoms with Gasteiger partial charge in [0.25, 0.3) is 11.6 Å². The van der Waals surface area contributed by atoms with Gasteiger partial charge in [-0.3, -0.25) is 24.5 Å². The average Bonchev–Trinajstić information content (AvgIpc) is 2.95. The molecule has 2 aromatic carbocycles. The van der Waals surface area contributed by atoms with Crippen molar-refractivity contribution in [1.29, 1.82) is 0 Å². The van der Waals surface area contributed by atoms with E-state index in [1.54, 1.807) is 18.2 Å². The molecule has 28 heavy (non-hydrogen) atoms. The number of hydrogen-bond donors (Lipinski definition) is 1. The van der Waals surface area contributed by atoms with Crippen molar-refractivity contribution in [1.82, 2.24) is 0 Å². The van der Waals surface area contributed by atoms with E-state index in [4.69, 9.17) is 4.74 Å². The van der Waals surface area contributed by atoms with Crippen LogP contribution < -0.4 is 15.0 Å². The summed E-state index contributed by atoms with van der Waals surface area (Å²) in [4.78, 5) is 48.3. The van der Waals surface area contributed by atoms with Crippen molar-refractivity contribution < 1.29 is 24.0 Å². The molecule has 1 saturated heterocycles. The molecule has 1 aliphatic heterocycles. The van der Waals surface area contributed by atoms with Gasteiger partial charge in [0.1, 0.15) is 11.8 Å². The van der Waals surface area contributed by atoms with E-state index in [2.05, 4.69) is 5.32 Å². The predicted molar refractivity (Wildman–Crippen MR) is 101 cm³/mol. The Morgan fingerprint density at radius 3 is 2.64 bits per heavy atom. The Kier molecular flexibility index (Phi) is 5.08. The zero-order chi connectivity index (χ0) is 20.4. The van der Waals surface area contributed by atoms with E-state index in [1.165, 1.54) is 38.3 Å². The van der Waals surface area contributed by atoms with Crippen molar-refractivity contribution in [3.05, 3.63) is 58.1 Å². The van der Waals surface area contributed by atoms with Crippen molar-refractivity contribution in [3.8, 4) is 5.75 Å². The van der Waals surface area contributed by atoms with Gasteiger partial charge in [-0.25, -0.2) is 4.90 Å². The fourth-order valence-corrected chi connectivity index (χ4v) is 2.99. The zero-order valence-electron chi connectivity index (χ0n) is 15.2. The quantitative estimate of drug-likeness (QED) is 0.352. The van der Waals surface area contributed by atoms with Crippen LogP contribution in [0.4, 0.5) is 17.1 Å². The first-order chi connectivity index (χ1) is 13.3. The summed E-state index contributed by atoms with van der Waals surface area (Å²) in [5.41, 5.74) is 0.751. The summed E-state index contributed by atoms with van der Waals surface area (Å²) >= 11 is 0. The Morgan fingerprint density at radius 1 is 1.25 bits per heavy atom. The maximum atomic E-state index is 12.8. The number of imide groups is 1. The number of amides is 2. The Morgan fingerprint density at radius 2 is 2.00 bits per heavy atom. The van der Waals surface area contributed by atoms with Crippen molar-refractivity contribution >= 4 is 34.7 Å². The van der Waals surface area contributed by atoms with E-state index < -0.39 is 22.8 Å². The second-order valence-corrected chi connectivity index (χ2v) is 6.22. The SMILES string of the molecule is COc1ccc([N+](=O)[O-])cc1NC1CC(=O)N(c2cccc(C(C)=O)c2)C1=O. The Hall–Kier alpha value is -3.75. The highest BCUT2D eigenvalue weighted by Crippen LogP contribution is 2.32. The highest BCUT2D eigenvalue weighted by molar-refractivity contribution is 6.23. The van der Waals surface area contributed by atoms with Crippen LogP contribution in [0.2, 0.25) is 0 Å². The predicted octanol–water partition coefficient (Wildman–Crippen LogP) is 2.55. The molecule has 0 aromatic heterocycles. The third kappa shape index (κ3) is 3.54. The molecule has 9 nitrogen and oxygen atoms in total. The van der Waals surface area contributed by atoms with Gasteiger partial charge in [-0.15, -0.1) is 0 Å². The summed E-state index contributed by atoms with van der Waals surface area (Å²) < 4.78 is 5.17. The van der Waals surface area contributed by atoms with Crippen LogP contribution in [0.25, 0.3) is 0 Å². The number of hydrogen-bond acceptors (Lipinski definition) is 7. The number of ether oxygens (including phenoxy) is 1. The lowest BCUT2D eigenvalue weighted by atomic mass is 10.1. The third-order valence-electron chi connectivity index (χ3n) is 4.38. The minimum absolute atomic E-state index is 0.130. The van der Waals surface area contributed by atoms with Crippen LogP contribution in [0.3, 0.4) is 0 Å². The van der Waals surface area contributed by atoms with Crippen LogP contribution in [0, 0.1) is 10.1 Å². The lowest BCUT2D eigenvalue weighted by molar-refractivity contribution is -0.384. The molecule has 1 atom stereocenters. The zero-order valence-corrected chi connectivity index (χ0v) is 15.2. The van der Waals surface area contributed by atoms with Crippen LogP contribution in [0.1, 0.15) is 23.7 Å². The number of nitrogens with zero attached hydrogens (tertiary/aromatic N) is 2. The first kappa shape index (κ1) is 19.0. The van der Waals surface area contributed by atoms with E-state index in [1.807, 2.05) is 0 Å². The number of nitrogens with one attached hydrogen (secondary N) is 1. The van der Waals surface area contributed by atoms with Crippen LogP contribution in [-0.2, 0) is 9.59 Å². The first-order valence-electron chi connectivity index (χ1n) is 8.38. The van der Waals surface area contributed by atoms with Crippen LogP contribution in [-0.4, -0.2) is 35.7 Å². The van der Waals surface area contributed by atoms with Crippen LogP contribution >= 0.6 is 0 Å². The number of nitro groups is 1. The highest BCUT2D eigenvalue weighted by Gasteiger charge is 2.40. The topological polar surface area (TPSA) is 119 Å². The molecule has 1 unspecified atom stereocenters. The maximum Gasteiger partial charge on any atom is 0.271 e. The first-order valence-corrected chi connectivity index (χ1v) is 8.38. The third-order valence-corrected chi connectivity index (χ3v) is 4.38. The van der Waals surface area contributed by atoms with Gasteiger partial charge < -0.3 is 10.1 Å². The molecular weight excluding hydrogens is 366 g/mol. The van der Waals surface area contributed by atoms with Gasteiger partial charge in [-0.2, -0.15) is 0 Å². The van der Waals surface area contributed by atoms with Crippen molar-refractivity contribution in [3.63, 3.8) is 0 Å². The summed E-state index contributed by atoms with van der Waals surface area (Å²) in [5, 5.41) is 13.9. The molecule has 2 aromatic rings. The molecule has 9 heteroatoms. The number of rotatable bonds is 6. The average molecular weight is 383 g/mol. The summed E-state index contributed by atoms with van der Waals surface area (Å²) in [6.07, 6.45) is -0.130. The number of carbonyl (C=O) groups is 3. The fraction of sp³-hybridized carbons (Fsp3) is 0.211. The van der Waals surface area contributed by atoms with Gasteiger partial charge >= 0.3 is 0 Å². The molecule has 1 aliphatic rings. The number of ketones is 1. The number of anilines is 2. The van der Waals surface area contributed by atoms with E-state index in [0.29, 0.717) is 17.0 Å². The van der Waals surface area contributed by atoms with Crippen LogP contribution in [0.15, 0.2) is 42.5 Å². The highest BCUT2D eigenvalue weighted by atomic mass is 16.6. The minimum Gasteiger partial charge on any atom is -0.495 e. The molecule has 1 N–H and O–H groups in total. The Bertz CT molecular complexity index is 987. The van der Waals surface area contributed by atoms with Crippen molar-refractivity contribution in [2.45, 2.75) is 19.4 Å². The lowest BCUT2D eigenvalue weighted by Gasteiger charge is -2.17. The largest absolute Gasteiger partial charge is 0.495 e. The maximum absolute atomic E-state index is 12.8. The number of Topliss-reactive ketones (excluding diaryl/α,β-unsaturated/α-hetero) is 1. The van der Waals surface area contributed by atoms with Gasteiger partial charge in [0.05, 0.1) is 29.8 Å². The number of carbonyl (C=O) groups excluding carboxylic acids is 3. The van der Waals surface area contributed by atoms with E-state index in [0.717, 1.165) is 4.90 Å². The molecule has 1 heterocycles. The number of benzene rings is 2. The molecule has 1 fully saturated rings. The van der Waals surface area contributed by atoms with Crippen molar-refractivity contribution in [2.24, 2.45) is 0 Å². The molecule has 2 amide bonds.